The molecular formula is C22H26N2O4. The molecule has 2 amide bonds. The number of carbonyl (C=O) groups is 3. The first-order chi connectivity index (χ1) is 13.6. The number of fused-ring (bicyclic) bond motifs is 1. The van der Waals surface area contributed by atoms with E-state index in [1.807, 2.05) is 42.5 Å². The van der Waals surface area contributed by atoms with Crippen molar-refractivity contribution in [2.45, 2.75) is 38.6 Å². The van der Waals surface area contributed by atoms with Gasteiger partial charge in [0.05, 0.1) is 13.0 Å². The molecule has 2 aromatic carbocycles. The first-order valence-corrected chi connectivity index (χ1v) is 9.80. The molecule has 1 aliphatic heterocycles. The van der Waals surface area contributed by atoms with Gasteiger partial charge in [0.15, 0.2) is 0 Å². The van der Waals surface area contributed by atoms with E-state index in [0.717, 1.165) is 10.8 Å². The molecule has 0 unspecified atom stereocenters. The van der Waals surface area contributed by atoms with Crippen molar-refractivity contribution in [1.29, 1.82) is 0 Å². The third-order valence-corrected chi connectivity index (χ3v) is 5.07. The van der Waals surface area contributed by atoms with Crippen LogP contribution in [0.4, 0.5) is 0 Å². The number of nitrogens with zero attached hydrogens (tertiary/aromatic N) is 1. The second-order valence-electron chi connectivity index (χ2n) is 6.96. The standard InChI is InChI=1S/C22H26N2O4/c1-2-28-21(26)11-10-20(25)24-14-12-17(13-15-24)23-22(27)19-9-5-7-16-6-3-4-8-18(16)19/h3-9,17H,2,10-15H2,1H3,(H,23,27). The number of nitrogens with one attached hydrogen (secondary N) is 1. The molecule has 2 aromatic rings. The lowest BCUT2D eigenvalue weighted by molar-refractivity contribution is -0.145. The molecule has 1 heterocycles. The fraction of sp³-hybridized carbons (Fsp3) is 0.409. The molecule has 0 spiro atoms. The maximum absolute atomic E-state index is 12.7. The van der Waals surface area contributed by atoms with Gasteiger partial charge in [0.2, 0.25) is 5.91 Å². The third-order valence-electron chi connectivity index (χ3n) is 5.07. The second-order valence-corrected chi connectivity index (χ2v) is 6.96. The molecule has 0 atom stereocenters. The van der Waals surface area contributed by atoms with Gasteiger partial charge in [-0.15, -0.1) is 0 Å². The monoisotopic (exact) mass is 382 g/mol. The van der Waals surface area contributed by atoms with E-state index in [9.17, 15) is 14.4 Å². The summed E-state index contributed by atoms with van der Waals surface area (Å²) in [6.45, 7) is 3.25. The topological polar surface area (TPSA) is 75.7 Å². The molecule has 1 aliphatic rings. The van der Waals surface area contributed by atoms with E-state index in [2.05, 4.69) is 5.32 Å². The average molecular weight is 382 g/mol. The summed E-state index contributed by atoms with van der Waals surface area (Å²) >= 11 is 0. The van der Waals surface area contributed by atoms with Gasteiger partial charge in [-0.1, -0.05) is 36.4 Å². The van der Waals surface area contributed by atoms with Gasteiger partial charge in [0.25, 0.3) is 5.91 Å². The Morgan fingerprint density at radius 3 is 2.50 bits per heavy atom. The van der Waals surface area contributed by atoms with E-state index in [1.165, 1.54) is 0 Å². The summed E-state index contributed by atoms with van der Waals surface area (Å²) in [6, 6.07) is 13.6. The molecule has 0 saturated carbocycles. The number of amides is 2. The quantitative estimate of drug-likeness (QED) is 0.780. The number of ether oxygens (including phenoxy) is 1. The zero-order chi connectivity index (χ0) is 19.9. The summed E-state index contributed by atoms with van der Waals surface area (Å²) in [5.41, 5.74) is 0.672. The molecule has 1 N–H and O–H groups in total. The molecule has 6 heteroatoms. The Morgan fingerprint density at radius 1 is 1.04 bits per heavy atom. The molecule has 3 rings (SSSR count). The van der Waals surface area contributed by atoms with Crippen LogP contribution < -0.4 is 5.32 Å². The first-order valence-electron chi connectivity index (χ1n) is 9.80. The second kappa shape index (κ2) is 9.35. The Labute approximate surface area is 164 Å². The van der Waals surface area contributed by atoms with Crippen LogP contribution in [0.2, 0.25) is 0 Å². The fourth-order valence-electron chi connectivity index (χ4n) is 3.56. The van der Waals surface area contributed by atoms with Gasteiger partial charge in [0, 0.05) is 31.1 Å². The highest BCUT2D eigenvalue weighted by atomic mass is 16.5. The predicted octanol–water partition coefficient (Wildman–Crippen LogP) is 2.90. The summed E-state index contributed by atoms with van der Waals surface area (Å²) in [4.78, 5) is 38.1. The zero-order valence-corrected chi connectivity index (χ0v) is 16.1. The third kappa shape index (κ3) is 4.88. The lowest BCUT2D eigenvalue weighted by Crippen LogP contribution is -2.46. The zero-order valence-electron chi connectivity index (χ0n) is 16.1. The van der Waals surface area contributed by atoms with E-state index >= 15 is 0 Å². The van der Waals surface area contributed by atoms with Crippen LogP contribution in [0.1, 0.15) is 43.0 Å². The van der Waals surface area contributed by atoms with Crippen LogP contribution >= 0.6 is 0 Å². The Balaban J connectivity index is 1.51. The first kappa shape index (κ1) is 19.9. The summed E-state index contributed by atoms with van der Waals surface area (Å²) in [5, 5.41) is 5.08. The Kier molecular flexibility index (Phi) is 6.63. The maximum atomic E-state index is 12.7. The summed E-state index contributed by atoms with van der Waals surface area (Å²) in [5.74, 6) is -0.455. The molecule has 0 bridgehead atoms. The Bertz CT molecular complexity index is 851. The number of carbonyl (C=O) groups excluding carboxylic acids is 3. The van der Waals surface area contributed by atoms with Crippen molar-refractivity contribution in [1.82, 2.24) is 10.2 Å². The molecule has 28 heavy (non-hydrogen) atoms. The van der Waals surface area contributed by atoms with Gasteiger partial charge < -0.3 is 15.0 Å². The van der Waals surface area contributed by atoms with Gasteiger partial charge in [-0.05, 0) is 36.6 Å². The van der Waals surface area contributed by atoms with Crippen LogP contribution in [0, 0.1) is 0 Å². The van der Waals surface area contributed by atoms with Gasteiger partial charge in [-0.2, -0.15) is 0 Å². The fourth-order valence-corrected chi connectivity index (χ4v) is 3.56. The van der Waals surface area contributed by atoms with Gasteiger partial charge in [-0.3, -0.25) is 14.4 Å². The molecule has 0 radical (unpaired) electrons. The van der Waals surface area contributed by atoms with Crippen molar-refractivity contribution in [2.24, 2.45) is 0 Å². The normalized spacial score (nSPS) is 14.7. The molecule has 0 aliphatic carbocycles. The van der Waals surface area contributed by atoms with Crippen LogP contribution in [-0.4, -0.2) is 48.4 Å². The van der Waals surface area contributed by atoms with Crippen molar-refractivity contribution < 1.29 is 19.1 Å². The Morgan fingerprint density at radius 2 is 1.75 bits per heavy atom. The number of hydrogen-bond donors (Lipinski definition) is 1. The minimum atomic E-state index is -0.340. The van der Waals surface area contributed by atoms with E-state index < -0.39 is 0 Å². The van der Waals surface area contributed by atoms with Crippen molar-refractivity contribution in [3.63, 3.8) is 0 Å². The van der Waals surface area contributed by atoms with Crippen LogP contribution in [0.5, 0.6) is 0 Å². The van der Waals surface area contributed by atoms with E-state index in [-0.39, 0.29) is 36.7 Å². The van der Waals surface area contributed by atoms with Crippen LogP contribution in [0.25, 0.3) is 10.8 Å². The number of rotatable bonds is 6. The molecule has 148 valence electrons. The van der Waals surface area contributed by atoms with Crippen molar-refractivity contribution >= 4 is 28.6 Å². The van der Waals surface area contributed by atoms with Crippen molar-refractivity contribution in [3.8, 4) is 0 Å². The largest absolute Gasteiger partial charge is 0.466 e. The number of likely N-dealkylation sites (tertiary alicyclic amines) is 1. The molecule has 0 aromatic heterocycles. The summed E-state index contributed by atoms with van der Waals surface area (Å²) in [6.07, 6.45) is 1.71. The van der Waals surface area contributed by atoms with Gasteiger partial charge in [-0.25, -0.2) is 0 Å². The van der Waals surface area contributed by atoms with Crippen LogP contribution in [0.15, 0.2) is 42.5 Å². The van der Waals surface area contributed by atoms with Gasteiger partial charge in [0.1, 0.15) is 0 Å². The number of hydrogen-bond acceptors (Lipinski definition) is 4. The lowest BCUT2D eigenvalue weighted by Gasteiger charge is -2.32. The highest BCUT2D eigenvalue weighted by Crippen LogP contribution is 2.19. The predicted molar refractivity (Wildman–Crippen MR) is 107 cm³/mol. The number of benzene rings is 2. The number of piperidine rings is 1. The SMILES string of the molecule is CCOC(=O)CCC(=O)N1CCC(NC(=O)c2cccc3ccccc23)CC1. The minimum Gasteiger partial charge on any atom is -0.466 e. The van der Waals surface area contributed by atoms with Crippen molar-refractivity contribution in [3.05, 3.63) is 48.0 Å². The minimum absolute atomic E-state index is 0.0353. The molecule has 1 saturated heterocycles. The van der Waals surface area contributed by atoms with E-state index in [1.54, 1.807) is 11.8 Å². The van der Waals surface area contributed by atoms with Crippen molar-refractivity contribution in [2.75, 3.05) is 19.7 Å². The highest BCUT2D eigenvalue weighted by molar-refractivity contribution is 6.07. The average Bonchev–Trinajstić information content (AvgIpc) is 2.72. The number of esters is 1. The van der Waals surface area contributed by atoms with E-state index in [0.29, 0.717) is 38.1 Å². The summed E-state index contributed by atoms with van der Waals surface area (Å²) < 4.78 is 4.86. The summed E-state index contributed by atoms with van der Waals surface area (Å²) in [7, 11) is 0. The molecule has 1 fully saturated rings. The van der Waals surface area contributed by atoms with Crippen LogP contribution in [0.3, 0.4) is 0 Å². The smallest absolute Gasteiger partial charge is 0.306 e. The molecule has 6 nitrogen and oxygen atoms in total. The highest BCUT2D eigenvalue weighted by Gasteiger charge is 2.24. The lowest BCUT2D eigenvalue weighted by atomic mass is 10.0. The van der Waals surface area contributed by atoms with Gasteiger partial charge >= 0.3 is 5.97 Å². The molecular weight excluding hydrogens is 356 g/mol. The van der Waals surface area contributed by atoms with Crippen LogP contribution in [-0.2, 0) is 14.3 Å². The maximum Gasteiger partial charge on any atom is 0.306 e. The van der Waals surface area contributed by atoms with E-state index in [4.69, 9.17) is 4.74 Å². The Hall–Kier alpha value is -2.89.